The van der Waals surface area contributed by atoms with E-state index in [1.807, 2.05) is 0 Å². The van der Waals surface area contributed by atoms with E-state index in [0.717, 1.165) is 0 Å². The Balaban J connectivity index is 2.61. The lowest BCUT2D eigenvalue weighted by Crippen LogP contribution is -2.68. The van der Waals surface area contributed by atoms with Crippen LogP contribution in [0.3, 0.4) is 0 Å². The normalized spacial score (nSPS) is 14.1. The molecule has 1 nitrogen and oxygen atoms in total. The molecule has 2 aromatic rings. The van der Waals surface area contributed by atoms with Crippen LogP contribution in [-0.4, -0.2) is 25.1 Å². The van der Waals surface area contributed by atoms with Gasteiger partial charge in [0, 0.05) is 0 Å². The second-order valence-corrected chi connectivity index (χ2v) is 8.98. The molecular formula is C15H15F3OSi. The summed E-state index contributed by atoms with van der Waals surface area (Å²) in [6.45, 7) is 1.55. The van der Waals surface area contributed by atoms with Crippen LogP contribution < -0.4 is 10.4 Å². The predicted octanol–water partition coefficient (Wildman–Crippen LogP) is 2.34. The third-order valence-corrected chi connectivity index (χ3v) is 8.09. The first kappa shape index (κ1) is 14.8. The Labute approximate surface area is 116 Å². The highest BCUT2D eigenvalue weighted by molar-refractivity contribution is 7.02. The van der Waals surface area contributed by atoms with E-state index in [-0.39, 0.29) is 0 Å². The monoisotopic (exact) mass is 296 g/mol. The average molecular weight is 296 g/mol. The standard InChI is InChI=1S/C15H15F3OSi/c1-20(14(19)15(16,17)18,12-8-4-2-5-9-12)13-10-6-3-7-11-13/h2-11,14,19H,1H3. The Bertz CT molecular complexity index is 515. The van der Waals surface area contributed by atoms with Crippen molar-refractivity contribution in [1.82, 2.24) is 0 Å². The second kappa shape index (κ2) is 5.42. The lowest BCUT2D eigenvalue weighted by molar-refractivity contribution is -0.179. The van der Waals surface area contributed by atoms with Crippen LogP contribution in [0.25, 0.3) is 0 Å². The molecule has 5 heteroatoms. The highest BCUT2D eigenvalue weighted by Crippen LogP contribution is 2.27. The summed E-state index contributed by atoms with van der Waals surface area (Å²) in [7, 11) is -3.31. The molecule has 20 heavy (non-hydrogen) atoms. The molecule has 2 aromatic carbocycles. The highest BCUT2D eigenvalue weighted by Gasteiger charge is 2.53. The van der Waals surface area contributed by atoms with Gasteiger partial charge in [-0.2, -0.15) is 13.2 Å². The number of halogens is 3. The van der Waals surface area contributed by atoms with Crippen molar-refractivity contribution in [1.29, 1.82) is 0 Å². The summed E-state index contributed by atoms with van der Waals surface area (Å²) < 4.78 is 39.3. The number of benzene rings is 2. The Hall–Kier alpha value is -1.59. The third kappa shape index (κ3) is 2.64. The smallest absolute Gasteiger partial charge is 0.386 e. The molecule has 1 N–H and O–H groups in total. The van der Waals surface area contributed by atoms with Crippen molar-refractivity contribution in [3.05, 3.63) is 60.7 Å². The maximum absolute atomic E-state index is 13.1. The van der Waals surface area contributed by atoms with Crippen LogP contribution in [0.4, 0.5) is 13.2 Å². The van der Waals surface area contributed by atoms with Gasteiger partial charge in [-0.05, 0) is 0 Å². The highest BCUT2D eigenvalue weighted by atomic mass is 28.3. The topological polar surface area (TPSA) is 20.2 Å². The van der Waals surface area contributed by atoms with Crippen LogP contribution >= 0.6 is 0 Å². The number of aliphatic hydroxyl groups excluding tert-OH is 1. The van der Waals surface area contributed by atoms with Gasteiger partial charge in [0.25, 0.3) is 0 Å². The Kier molecular flexibility index (Phi) is 4.01. The van der Waals surface area contributed by atoms with Crippen molar-refractivity contribution >= 4 is 18.4 Å². The third-order valence-electron chi connectivity index (χ3n) is 3.60. The van der Waals surface area contributed by atoms with Gasteiger partial charge >= 0.3 is 6.18 Å². The average Bonchev–Trinajstić information content (AvgIpc) is 2.46. The minimum Gasteiger partial charge on any atom is -0.386 e. The van der Waals surface area contributed by atoms with Gasteiger partial charge in [0.05, 0.1) is 0 Å². The number of alkyl halides is 3. The van der Waals surface area contributed by atoms with E-state index >= 15 is 0 Å². The molecule has 0 aliphatic heterocycles. The van der Waals surface area contributed by atoms with Gasteiger partial charge in [0.1, 0.15) is 5.73 Å². The predicted molar refractivity (Wildman–Crippen MR) is 75.8 cm³/mol. The van der Waals surface area contributed by atoms with Gasteiger partial charge in [-0.1, -0.05) is 77.6 Å². The molecular weight excluding hydrogens is 281 g/mol. The zero-order valence-electron chi connectivity index (χ0n) is 10.9. The summed E-state index contributed by atoms with van der Waals surface area (Å²) in [6, 6.07) is 17.0. The summed E-state index contributed by atoms with van der Waals surface area (Å²) in [6.07, 6.45) is -4.63. The van der Waals surface area contributed by atoms with Crippen LogP contribution in [0.2, 0.25) is 6.55 Å². The molecule has 1 unspecified atom stereocenters. The molecule has 0 saturated carbocycles. The van der Waals surface area contributed by atoms with Crippen molar-refractivity contribution < 1.29 is 18.3 Å². The summed E-state index contributed by atoms with van der Waals surface area (Å²) in [5.41, 5.74) is -2.33. The van der Waals surface area contributed by atoms with Crippen molar-refractivity contribution in [2.24, 2.45) is 0 Å². The molecule has 2 rings (SSSR count). The molecule has 1 atom stereocenters. The van der Waals surface area contributed by atoms with E-state index in [9.17, 15) is 18.3 Å². The molecule has 0 bridgehead atoms. The van der Waals surface area contributed by atoms with E-state index in [4.69, 9.17) is 0 Å². The Morgan fingerprint density at radius 2 is 1.20 bits per heavy atom. The largest absolute Gasteiger partial charge is 0.412 e. The Morgan fingerprint density at radius 3 is 1.50 bits per heavy atom. The molecule has 0 fully saturated rings. The molecule has 0 saturated heterocycles. The van der Waals surface area contributed by atoms with Gasteiger partial charge in [-0.25, -0.2) is 0 Å². The number of aliphatic hydroxyl groups is 1. The van der Waals surface area contributed by atoms with Gasteiger partial charge in [-0.15, -0.1) is 0 Å². The molecule has 0 aliphatic carbocycles. The molecule has 0 aromatic heterocycles. The second-order valence-electron chi connectivity index (χ2n) is 4.88. The molecule has 106 valence electrons. The van der Waals surface area contributed by atoms with Crippen molar-refractivity contribution in [2.75, 3.05) is 0 Å². The van der Waals surface area contributed by atoms with Gasteiger partial charge in [0.2, 0.25) is 0 Å². The van der Waals surface area contributed by atoms with Crippen molar-refractivity contribution in [2.45, 2.75) is 18.5 Å². The molecule has 0 amide bonds. The quantitative estimate of drug-likeness (QED) is 0.862. The summed E-state index contributed by atoms with van der Waals surface area (Å²) >= 11 is 0. The maximum Gasteiger partial charge on any atom is 0.412 e. The molecule has 0 radical (unpaired) electrons. The van der Waals surface area contributed by atoms with Gasteiger partial charge in [0.15, 0.2) is 8.07 Å². The number of hydrogen-bond acceptors (Lipinski definition) is 1. The minimum absolute atomic E-state index is 0.566. The zero-order valence-corrected chi connectivity index (χ0v) is 11.9. The molecule has 0 spiro atoms. The first-order valence-corrected chi connectivity index (χ1v) is 8.80. The zero-order chi connectivity index (χ0) is 14.8. The minimum atomic E-state index is -4.63. The fourth-order valence-corrected chi connectivity index (χ4v) is 5.77. The fourth-order valence-electron chi connectivity index (χ4n) is 2.38. The number of rotatable bonds is 3. The Morgan fingerprint density at radius 1 is 0.850 bits per heavy atom. The first-order valence-electron chi connectivity index (χ1n) is 6.22. The lowest BCUT2D eigenvalue weighted by Gasteiger charge is -2.34. The van der Waals surface area contributed by atoms with E-state index in [1.165, 1.54) is 0 Å². The number of hydrogen-bond donors (Lipinski definition) is 1. The summed E-state index contributed by atoms with van der Waals surface area (Å²) in [4.78, 5) is 0. The fraction of sp³-hybridized carbons (Fsp3) is 0.200. The van der Waals surface area contributed by atoms with Crippen molar-refractivity contribution in [3.8, 4) is 0 Å². The molecule has 0 aliphatic rings. The SMILES string of the molecule is C[Si](c1ccccc1)(c1ccccc1)C(O)C(F)(F)F. The van der Waals surface area contributed by atoms with Crippen LogP contribution in [0, 0.1) is 0 Å². The van der Waals surface area contributed by atoms with Crippen LogP contribution in [0.5, 0.6) is 0 Å². The van der Waals surface area contributed by atoms with Gasteiger partial charge in [-0.3, -0.25) is 0 Å². The summed E-state index contributed by atoms with van der Waals surface area (Å²) in [5.74, 6) is 0. The van der Waals surface area contributed by atoms with Crippen LogP contribution in [0.15, 0.2) is 60.7 Å². The first-order chi connectivity index (χ1) is 9.37. The van der Waals surface area contributed by atoms with E-state index in [0.29, 0.717) is 10.4 Å². The maximum atomic E-state index is 13.1. The van der Waals surface area contributed by atoms with Gasteiger partial charge < -0.3 is 5.11 Å². The summed E-state index contributed by atoms with van der Waals surface area (Å²) in [5, 5.41) is 11.1. The van der Waals surface area contributed by atoms with Crippen LogP contribution in [-0.2, 0) is 0 Å². The van der Waals surface area contributed by atoms with E-state index in [2.05, 4.69) is 0 Å². The van der Waals surface area contributed by atoms with E-state index < -0.39 is 20.0 Å². The lowest BCUT2D eigenvalue weighted by atomic mass is 10.4. The molecule has 0 heterocycles. The van der Waals surface area contributed by atoms with Crippen LogP contribution in [0.1, 0.15) is 0 Å². The van der Waals surface area contributed by atoms with Crippen molar-refractivity contribution in [3.63, 3.8) is 0 Å². The van der Waals surface area contributed by atoms with E-state index in [1.54, 1.807) is 67.2 Å².